The number of ether oxygens (including phenoxy) is 1. The number of carboxylic acids is 1. The fourth-order valence-electron chi connectivity index (χ4n) is 3.80. The van der Waals surface area contributed by atoms with Gasteiger partial charge in [-0.3, -0.25) is 4.79 Å². The average Bonchev–Trinajstić information content (AvgIpc) is 3.11. The van der Waals surface area contributed by atoms with Gasteiger partial charge in [0.25, 0.3) is 0 Å². The molecular weight excluding hydrogens is 408 g/mol. The molecule has 0 heterocycles. The van der Waals surface area contributed by atoms with Gasteiger partial charge in [0, 0.05) is 12.3 Å². The highest BCUT2D eigenvalue weighted by atomic mass is 16.5. The van der Waals surface area contributed by atoms with Crippen LogP contribution in [-0.2, 0) is 14.3 Å². The highest BCUT2D eigenvalue weighted by Crippen LogP contribution is 2.44. The van der Waals surface area contributed by atoms with Crippen LogP contribution in [0.25, 0.3) is 11.1 Å². The summed E-state index contributed by atoms with van der Waals surface area (Å²) < 4.78 is 5.51. The molecule has 0 fully saturated rings. The SMILES string of the molecule is C#CCC(NC(=O)C(C)(CC)NC(=O)OCC1c2ccccc2-c2ccccc21)C(=O)O. The Kier molecular flexibility index (Phi) is 6.84. The molecule has 7 nitrogen and oxygen atoms in total. The van der Waals surface area contributed by atoms with Crippen LogP contribution >= 0.6 is 0 Å². The summed E-state index contributed by atoms with van der Waals surface area (Å²) in [4.78, 5) is 36.6. The Hall–Kier alpha value is -3.79. The van der Waals surface area contributed by atoms with Crippen molar-refractivity contribution in [2.75, 3.05) is 6.61 Å². The minimum atomic E-state index is -1.36. The molecule has 0 bridgehead atoms. The molecule has 0 saturated carbocycles. The van der Waals surface area contributed by atoms with Crippen LogP contribution in [0.5, 0.6) is 0 Å². The van der Waals surface area contributed by atoms with E-state index in [2.05, 4.69) is 16.6 Å². The molecule has 2 aromatic rings. The maximum absolute atomic E-state index is 12.7. The van der Waals surface area contributed by atoms with Crippen molar-refractivity contribution in [2.24, 2.45) is 0 Å². The predicted octanol–water partition coefficient (Wildman–Crippen LogP) is 3.29. The first-order valence-corrected chi connectivity index (χ1v) is 10.4. The maximum Gasteiger partial charge on any atom is 0.408 e. The second-order valence-corrected chi connectivity index (χ2v) is 7.91. The molecule has 166 valence electrons. The van der Waals surface area contributed by atoms with Crippen molar-refractivity contribution in [3.05, 3.63) is 59.7 Å². The van der Waals surface area contributed by atoms with E-state index in [0.717, 1.165) is 22.3 Å². The summed E-state index contributed by atoms with van der Waals surface area (Å²) in [5.74, 6) is 0.233. The number of hydrogen-bond donors (Lipinski definition) is 3. The molecule has 1 aliphatic rings. The summed E-state index contributed by atoms with van der Waals surface area (Å²) in [7, 11) is 0. The number of aliphatic carboxylic acids is 1. The van der Waals surface area contributed by atoms with Crippen molar-refractivity contribution in [2.45, 2.75) is 44.2 Å². The van der Waals surface area contributed by atoms with Gasteiger partial charge in [-0.25, -0.2) is 9.59 Å². The first kappa shape index (κ1) is 22.9. The number of carboxylic acid groups (broad SMARTS) is 1. The number of rotatable bonds is 8. The summed E-state index contributed by atoms with van der Waals surface area (Å²) in [6.45, 7) is 3.33. The summed E-state index contributed by atoms with van der Waals surface area (Å²) in [5.41, 5.74) is 3.03. The first-order valence-electron chi connectivity index (χ1n) is 10.4. The molecule has 2 aromatic carbocycles. The normalized spacial score (nSPS) is 14.8. The van der Waals surface area contributed by atoms with Gasteiger partial charge >= 0.3 is 12.1 Å². The molecule has 1 aliphatic carbocycles. The zero-order valence-corrected chi connectivity index (χ0v) is 18.1. The van der Waals surface area contributed by atoms with Gasteiger partial charge in [-0.15, -0.1) is 12.3 Å². The summed E-state index contributed by atoms with van der Waals surface area (Å²) in [6.07, 6.45) is 4.49. The Balaban J connectivity index is 1.68. The van der Waals surface area contributed by atoms with Crippen LogP contribution in [-0.4, -0.2) is 41.3 Å². The van der Waals surface area contributed by atoms with Gasteiger partial charge in [0.1, 0.15) is 18.2 Å². The van der Waals surface area contributed by atoms with Crippen LogP contribution in [0, 0.1) is 12.3 Å². The highest BCUT2D eigenvalue weighted by Gasteiger charge is 2.36. The van der Waals surface area contributed by atoms with E-state index in [1.54, 1.807) is 6.92 Å². The Morgan fingerprint density at radius 2 is 1.69 bits per heavy atom. The number of carbonyl (C=O) groups excluding carboxylic acids is 2. The fraction of sp³-hybridized carbons (Fsp3) is 0.320. The third-order valence-corrected chi connectivity index (χ3v) is 5.86. The lowest BCUT2D eigenvalue weighted by Crippen LogP contribution is -2.59. The average molecular weight is 434 g/mol. The second-order valence-electron chi connectivity index (χ2n) is 7.91. The monoisotopic (exact) mass is 434 g/mol. The van der Waals surface area contributed by atoms with Gasteiger partial charge in [0.05, 0.1) is 0 Å². The third-order valence-electron chi connectivity index (χ3n) is 5.86. The largest absolute Gasteiger partial charge is 0.480 e. The second kappa shape index (κ2) is 9.56. The molecule has 2 amide bonds. The molecule has 0 radical (unpaired) electrons. The lowest BCUT2D eigenvalue weighted by atomic mass is 9.97. The molecule has 7 heteroatoms. The Morgan fingerprint density at radius 1 is 1.12 bits per heavy atom. The van der Waals surface area contributed by atoms with E-state index in [-0.39, 0.29) is 25.4 Å². The molecule has 0 saturated heterocycles. The number of benzene rings is 2. The number of fused-ring (bicyclic) bond motifs is 3. The predicted molar refractivity (Wildman–Crippen MR) is 120 cm³/mol. The number of hydrogen-bond acceptors (Lipinski definition) is 4. The number of carbonyl (C=O) groups is 3. The lowest BCUT2D eigenvalue weighted by Gasteiger charge is -2.29. The van der Waals surface area contributed by atoms with Crippen molar-refractivity contribution >= 4 is 18.0 Å². The van der Waals surface area contributed by atoms with Crippen molar-refractivity contribution in [3.63, 3.8) is 0 Å². The number of alkyl carbamates (subject to hydrolysis) is 1. The van der Waals surface area contributed by atoms with E-state index in [1.807, 2.05) is 48.5 Å². The van der Waals surface area contributed by atoms with E-state index < -0.39 is 29.6 Å². The highest BCUT2D eigenvalue weighted by molar-refractivity contribution is 5.92. The maximum atomic E-state index is 12.7. The standard InChI is InChI=1S/C25H26N2O5/c1-4-10-21(22(28)29)26-23(30)25(3,5-2)27-24(31)32-15-20-18-13-8-6-11-16(18)17-12-7-9-14-19(17)20/h1,6-9,11-14,20-21H,5,10,15H2,2-3H3,(H,26,30)(H,27,31)(H,28,29). The molecule has 0 aliphatic heterocycles. The number of amides is 2. The van der Waals surface area contributed by atoms with Crippen LogP contribution in [0.4, 0.5) is 4.79 Å². The molecule has 3 rings (SSSR count). The van der Waals surface area contributed by atoms with Crippen molar-refractivity contribution in [1.29, 1.82) is 0 Å². The van der Waals surface area contributed by atoms with E-state index in [1.165, 1.54) is 6.92 Å². The quantitative estimate of drug-likeness (QED) is 0.553. The molecule has 32 heavy (non-hydrogen) atoms. The van der Waals surface area contributed by atoms with Crippen molar-refractivity contribution in [3.8, 4) is 23.5 Å². The Morgan fingerprint density at radius 3 is 2.19 bits per heavy atom. The Bertz CT molecular complexity index is 1030. The summed E-state index contributed by atoms with van der Waals surface area (Å²) in [5, 5.41) is 14.2. The van der Waals surface area contributed by atoms with Gasteiger partial charge in [-0.2, -0.15) is 0 Å². The minimum absolute atomic E-state index is 0.107. The van der Waals surface area contributed by atoms with Gasteiger partial charge < -0.3 is 20.5 Å². The lowest BCUT2D eigenvalue weighted by molar-refractivity contribution is -0.142. The Labute approximate surface area is 187 Å². The fourth-order valence-corrected chi connectivity index (χ4v) is 3.80. The van der Waals surface area contributed by atoms with Gasteiger partial charge in [0.15, 0.2) is 0 Å². The zero-order valence-electron chi connectivity index (χ0n) is 18.1. The smallest absolute Gasteiger partial charge is 0.408 e. The van der Waals surface area contributed by atoms with E-state index in [0.29, 0.717) is 0 Å². The van der Waals surface area contributed by atoms with E-state index in [9.17, 15) is 19.5 Å². The van der Waals surface area contributed by atoms with Crippen LogP contribution in [0.1, 0.15) is 43.7 Å². The summed E-state index contributed by atoms with van der Waals surface area (Å²) in [6, 6.07) is 14.7. The minimum Gasteiger partial charge on any atom is -0.480 e. The number of terminal acetylenes is 1. The molecule has 0 spiro atoms. The van der Waals surface area contributed by atoms with E-state index in [4.69, 9.17) is 11.2 Å². The van der Waals surface area contributed by atoms with Crippen molar-refractivity contribution < 1.29 is 24.2 Å². The van der Waals surface area contributed by atoms with Crippen LogP contribution in [0.3, 0.4) is 0 Å². The first-order chi connectivity index (χ1) is 15.3. The zero-order chi connectivity index (χ0) is 23.3. The molecule has 2 unspecified atom stereocenters. The summed E-state index contributed by atoms with van der Waals surface area (Å²) >= 11 is 0. The molecule has 2 atom stereocenters. The van der Waals surface area contributed by atoms with Crippen LogP contribution in [0.15, 0.2) is 48.5 Å². The molecule has 0 aromatic heterocycles. The number of nitrogens with one attached hydrogen (secondary N) is 2. The van der Waals surface area contributed by atoms with Crippen LogP contribution in [0.2, 0.25) is 0 Å². The van der Waals surface area contributed by atoms with Crippen LogP contribution < -0.4 is 10.6 Å². The third kappa shape index (κ3) is 4.59. The van der Waals surface area contributed by atoms with Gasteiger partial charge in [0.2, 0.25) is 5.91 Å². The topological polar surface area (TPSA) is 105 Å². The van der Waals surface area contributed by atoms with E-state index >= 15 is 0 Å². The van der Waals surface area contributed by atoms with Gasteiger partial charge in [-0.05, 0) is 35.6 Å². The molecular formula is C25H26N2O5. The molecule has 3 N–H and O–H groups in total. The van der Waals surface area contributed by atoms with Crippen molar-refractivity contribution in [1.82, 2.24) is 10.6 Å². The van der Waals surface area contributed by atoms with Gasteiger partial charge in [-0.1, -0.05) is 55.5 Å².